The van der Waals surface area contributed by atoms with Gasteiger partial charge in [0.2, 0.25) is 41.4 Å². The van der Waals surface area contributed by atoms with Crippen LogP contribution in [0.2, 0.25) is 0 Å². The smallest absolute Gasteiger partial charge is 0.245 e. The van der Waals surface area contributed by atoms with Gasteiger partial charge in [0.1, 0.15) is 30.2 Å². The highest BCUT2D eigenvalue weighted by molar-refractivity contribution is 5.98. The molecule has 15 N–H and O–H groups in total. The molecule has 0 unspecified atom stereocenters. The van der Waals surface area contributed by atoms with Crippen LogP contribution in [-0.4, -0.2) is 113 Å². The molecule has 0 aromatic heterocycles. The molecular formula is C28H51N11O8. The van der Waals surface area contributed by atoms with Crippen LogP contribution in [0.1, 0.15) is 66.2 Å². The largest absolute Gasteiger partial charge is 0.391 e. The van der Waals surface area contributed by atoms with Crippen molar-refractivity contribution in [3.63, 3.8) is 0 Å². The average molecular weight is 670 g/mol. The van der Waals surface area contributed by atoms with E-state index in [1.54, 1.807) is 0 Å². The molecule has 1 saturated heterocycles. The van der Waals surface area contributed by atoms with Gasteiger partial charge in [-0.1, -0.05) is 13.8 Å². The Morgan fingerprint density at radius 1 is 0.851 bits per heavy atom. The minimum absolute atomic E-state index is 0.00815. The summed E-state index contributed by atoms with van der Waals surface area (Å²) in [5.74, 6) is -5.76. The Hall–Kier alpha value is -4.52. The Labute approximate surface area is 273 Å². The number of hydrogen-bond acceptors (Lipinski definition) is 10. The highest BCUT2D eigenvalue weighted by Crippen LogP contribution is 2.20. The van der Waals surface area contributed by atoms with Crippen LogP contribution in [0.5, 0.6) is 0 Å². The van der Waals surface area contributed by atoms with Crippen LogP contribution >= 0.6 is 0 Å². The van der Waals surface area contributed by atoms with Crippen molar-refractivity contribution in [1.29, 1.82) is 0 Å². The molecule has 7 atom stereocenters. The second kappa shape index (κ2) is 19.2. The lowest BCUT2D eigenvalue weighted by atomic mass is 10.0. The van der Waals surface area contributed by atoms with Gasteiger partial charge in [-0.05, 0) is 51.9 Å². The predicted molar refractivity (Wildman–Crippen MR) is 170 cm³/mol. The van der Waals surface area contributed by atoms with Gasteiger partial charge >= 0.3 is 0 Å². The Morgan fingerprint density at radius 2 is 1.45 bits per heavy atom. The molecule has 1 fully saturated rings. The zero-order chi connectivity index (χ0) is 36.0. The molecule has 0 bridgehead atoms. The van der Waals surface area contributed by atoms with Crippen LogP contribution < -0.4 is 49.9 Å². The lowest BCUT2D eigenvalue weighted by Crippen LogP contribution is -2.60. The Balaban J connectivity index is 3.26. The number of aliphatic hydroxyl groups is 1. The van der Waals surface area contributed by atoms with Crippen LogP contribution in [0, 0.1) is 5.92 Å². The highest BCUT2D eigenvalue weighted by Gasteiger charge is 2.40. The summed E-state index contributed by atoms with van der Waals surface area (Å²) in [4.78, 5) is 94.5. The third kappa shape index (κ3) is 13.8. The SMILES string of the molecule is CC(C)C[C@H](NC(=O)[C@H](C)N)C(=O)N[C@@H](CCCN=C(N)N)C(=O)N1CCC[C@H]1C(=O)N[C@@H](CC(N)=O)C(=O)N[C@H](C(N)=O)[C@@H](C)O. The molecule has 0 spiro atoms. The monoisotopic (exact) mass is 669 g/mol. The first kappa shape index (κ1) is 40.5. The molecule has 0 saturated carbocycles. The third-order valence-electron chi connectivity index (χ3n) is 7.28. The number of carbonyl (C=O) groups excluding carboxylic acids is 7. The fraction of sp³-hybridized carbons (Fsp3) is 0.714. The first-order valence-electron chi connectivity index (χ1n) is 15.4. The van der Waals surface area contributed by atoms with Crippen molar-refractivity contribution in [2.24, 2.45) is 39.6 Å². The molecule has 1 aliphatic rings. The summed E-state index contributed by atoms with van der Waals surface area (Å²) in [6.07, 6.45) is -0.851. The summed E-state index contributed by atoms with van der Waals surface area (Å²) in [6.45, 7) is 6.66. The Kier molecular flexibility index (Phi) is 16.6. The third-order valence-corrected chi connectivity index (χ3v) is 7.28. The molecule has 0 aliphatic carbocycles. The fourth-order valence-corrected chi connectivity index (χ4v) is 4.90. The molecule has 0 radical (unpaired) electrons. The van der Waals surface area contributed by atoms with Crippen LogP contribution in [0.3, 0.4) is 0 Å². The number of rotatable bonds is 19. The van der Waals surface area contributed by atoms with Gasteiger partial charge in [0.15, 0.2) is 5.96 Å². The van der Waals surface area contributed by atoms with Gasteiger partial charge in [0.25, 0.3) is 0 Å². The number of aliphatic hydroxyl groups excluding tert-OH is 1. The number of carbonyl (C=O) groups is 7. The molecule has 1 rings (SSSR count). The molecule has 19 nitrogen and oxygen atoms in total. The normalized spacial score (nSPS) is 18.1. The number of primary amides is 2. The summed E-state index contributed by atoms with van der Waals surface area (Å²) in [5.41, 5.74) is 27.0. The molecule has 0 aromatic carbocycles. The zero-order valence-corrected chi connectivity index (χ0v) is 27.4. The predicted octanol–water partition coefficient (Wildman–Crippen LogP) is -4.90. The first-order chi connectivity index (χ1) is 21.8. The molecule has 7 amide bonds. The maximum atomic E-state index is 13.9. The average Bonchev–Trinajstić information content (AvgIpc) is 3.45. The second-order valence-corrected chi connectivity index (χ2v) is 12.0. The standard InChI is InChI=1S/C28H51N11O8/c1-13(2)11-17(36-23(43)14(3)29)24(44)35-16(7-5-9-34-28(32)33)27(47)39-10-6-8-19(39)26(46)37-18(12-20(30)41)25(45)38-21(15(4)40)22(31)42/h13-19,21,40H,5-12,29H2,1-4H3,(H2,30,41)(H2,31,42)(H,35,44)(H,36,43)(H,37,46)(H,38,45)(H4,32,33,34)/t14-,15+,16-,17-,18-,19-,21-/m0/s1. The van der Waals surface area contributed by atoms with Crippen molar-refractivity contribution in [2.75, 3.05) is 13.1 Å². The first-order valence-corrected chi connectivity index (χ1v) is 15.4. The molecule has 1 heterocycles. The Morgan fingerprint density at radius 3 is 1.96 bits per heavy atom. The van der Waals surface area contributed by atoms with Gasteiger partial charge < -0.3 is 59.9 Å². The number of nitrogens with one attached hydrogen (secondary N) is 4. The maximum absolute atomic E-state index is 13.9. The van der Waals surface area contributed by atoms with Gasteiger partial charge in [0, 0.05) is 13.1 Å². The van der Waals surface area contributed by atoms with E-state index < -0.39 is 90.1 Å². The van der Waals surface area contributed by atoms with Gasteiger partial charge in [-0.25, -0.2) is 0 Å². The summed E-state index contributed by atoms with van der Waals surface area (Å²) in [6, 6.07) is -7.21. The van der Waals surface area contributed by atoms with Gasteiger partial charge in [-0.3, -0.25) is 38.6 Å². The van der Waals surface area contributed by atoms with E-state index in [2.05, 4.69) is 26.3 Å². The quantitative estimate of drug-likeness (QED) is 0.0353. The van der Waals surface area contributed by atoms with E-state index in [0.717, 1.165) is 0 Å². The van der Waals surface area contributed by atoms with E-state index >= 15 is 0 Å². The van der Waals surface area contributed by atoms with Crippen molar-refractivity contribution in [1.82, 2.24) is 26.2 Å². The van der Waals surface area contributed by atoms with Crippen LogP contribution in [0.15, 0.2) is 4.99 Å². The van der Waals surface area contributed by atoms with E-state index in [1.807, 2.05) is 13.8 Å². The van der Waals surface area contributed by atoms with E-state index in [-0.39, 0.29) is 50.7 Å². The maximum Gasteiger partial charge on any atom is 0.245 e. The number of hydrogen-bond donors (Lipinski definition) is 10. The summed E-state index contributed by atoms with van der Waals surface area (Å²) in [7, 11) is 0. The van der Waals surface area contributed by atoms with Crippen LogP contribution in [0.25, 0.3) is 0 Å². The molecular weight excluding hydrogens is 618 g/mol. The van der Waals surface area contributed by atoms with E-state index in [4.69, 9.17) is 28.7 Å². The lowest BCUT2D eigenvalue weighted by Gasteiger charge is -2.31. The number of nitrogens with zero attached hydrogens (tertiary/aromatic N) is 2. The summed E-state index contributed by atoms with van der Waals surface area (Å²) >= 11 is 0. The van der Waals surface area contributed by atoms with Crippen LogP contribution in [0.4, 0.5) is 0 Å². The van der Waals surface area contributed by atoms with Crippen molar-refractivity contribution in [3.8, 4) is 0 Å². The minimum atomic E-state index is -1.56. The summed E-state index contributed by atoms with van der Waals surface area (Å²) < 4.78 is 0. The number of amides is 7. The highest BCUT2D eigenvalue weighted by atomic mass is 16.3. The van der Waals surface area contributed by atoms with Crippen LogP contribution in [-0.2, 0) is 33.6 Å². The number of nitrogens with two attached hydrogens (primary N) is 5. The number of aliphatic imine (C=N–C) groups is 1. The zero-order valence-electron chi connectivity index (χ0n) is 27.4. The minimum Gasteiger partial charge on any atom is -0.391 e. The molecule has 1 aliphatic heterocycles. The lowest BCUT2D eigenvalue weighted by molar-refractivity contribution is -0.143. The molecule has 266 valence electrons. The van der Waals surface area contributed by atoms with E-state index in [1.165, 1.54) is 18.7 Å². The van der Waals surface area contributed by atoms with E-state index in [9.17, 15) is 38.7 Å². The van der Waals surface area contributed by atoms with Crippen molar-refractivity contribution >= 4 is 47.3 Å². The van der Waals surface area contributed by atoms with Crippen molar-refractivity contribution < 1.29 is 38.7 Å². The van der Waals surface area contributed by atoms with Crippen molar-refractivity contribution in [3.05, 3.63) is 0 Å². The number of likely N-dealkylation sites (tertiary alicyclic amines) is 1. The molecule has 47 heavy (non-hydrogen) atoms. The molecule has 19 heteroatoms. The van der Waals surface area contributed by atoms with Gasteiger partial charge in [-0.2, -0.15) is 0 Å². The molecule has 0 aromatic rings. The van der Waals surface area contributed by atoms with Gasteiger partial charge in [-0.15, -0.1) is 0 Å². The summed E-state index contributed by atoms with van der Waals surface area (Å²) in [5, 5.41) is 19.7. The van der Waals surface area contributed by atoms with E-state index in [0.29, 0.717) is 6.42 Å². The fourth-order valence-electron chi connectivity index (χ4n) is 4.90. The topological polar surface area (TPSA) is 334 Å². The number of guanidine groups is 1. The second-order valence-electron chi connectivity index (χ2n) is 12.0. The van der Waals surface area contributed by atoms with Crippen molar-refractivity contribution in [2.45, 2.75) is 109 Å². The van der Waals surface area contributed by atoms with Gasteiger partial charge in [0.05, 0.1) is 18.6 Å². The Bertz CT molecular complexity index is 1170.